The van der Waals surface area contributed by atoms with Crippen LogP contribution in [0.15, 0.2) is 70.6 Å². The van der Waals surface area contributed by atoms with Crippen LogP contribution < -0.4 is 14.4 Å². The third-order valence-electron chi connectivity index (χ3n) is 6.61. The maximum atomic E-state index is 13.6. The average Bonchev–Trinajstić information content (AvgIpc) is 3.58. The number of hydrogen-bond acceptors (Lipinski definition) is 10. The minimum atomic E-state index is -1.08. The van der Waals surface area contributed by atoms with Crippen LogP contribution in [0.5, 0.6) is 17.2 Å². The molecule has 1 saturated heterocycles. The summed E-state index contributed by atoms with van der Waals surface area (Å²) in [6.45, 7) is 4.57. The van der Waals surface area contributed by atoms with Crippen LogP contribution in [0.1, 0.15) is 43.0 Å². The molecule has 1 unspecified atom stereocenters. The number of amides is 1. The van der Waals surface area contributed by atoms with Gasteiger partial charge in [-0.2, -0.15) is 0 Å². The van der Waals surface area contributed by atoms with Gasteiger partial charge in [-0.1, -0.05) is 65.4 Å². The van der Waals surface area contributed by atoms with Crippen molar-refractivity contribution in [3.05, 3.63) is 93.0 Å². The summed E-state index contributed by atoms with van der Waals surface area (Å²) in [6, 6.07) is 15.3. The number of aliphatic hydroxyl groups excluding tert-OH is 1. The van der Waals surface area contributed by atoms with E-state index in [-0.39, 0.29) is 34.6 Å². The number of aromatic nitrogens is 2. The summed E-state index contributed by atoms with van der Waals surface area (Å²) < 4.78 is 11.7. The van der Waals surface area contributed by atoms with E-state index in [0.717, 1.165) is 23.3 Å². The molecule has 13 heteroatoms. The Morgan fingerprint density at radius 3 is 2.50 bits per heavy atom. The first kappa shape index (κ1) is 31.6. The molecule has 0 radical (unpaired) electrons. The highest BCUT2D eigenvalue weighted by atomic mass is 35.5. The Hall–Kier alpha value is -3.77. The van der Waals surface area contributed by atoms with Crippen LogP contribution in [0.3, 0.4) is 0 Å². The number of phenolic OH excluding ortho intramolecular Hbond substituents is 1. The van der Waals surface area contributed by atoms with Gasteiger partial charge in [-0.3, -0.25) is 14.5 Å². The van der Waals surface area contributed by atoms with Crippen LogP contribution in [0.25, 0.3) is 5.76 Å². The smallest absolute Gasteiger partial charge is 0.301 e. The molecule has 44 heavy (non-hydrogen) atoms. The largest absolute Gasteiger partial charge is 0.507 e. The van der Waals surface area contributed by atoms with Gasteiger partial charge in [0.2, 0.25) is 5.13 Å². The van der Waals surface area contributed by atoms with Crippen LogP contribution in [0, 0.1) is 0 Å². The third-order valence-corrected chi connectivity index (χ3v) is 9.30. The predicted octanol–water partition coefficient (Wildman–Crippen LogP) is 7.66. The highest BCUT2D eigenvalue weighted by Gasteiger charge is 2.48. The normalized spacial score (nSPS) is 16.0. The van der Waals surface area contributed by atoms with Crippen LogP contribution in [0.4, 0.5) is 5.13 Å². The molecule has 1 aromatic heterocycles. The molecule has 0 saturated carbocycles. The van der Waals surface area contributed by atoms with Gasteiger partial charge in [0.1, 0.15) is 11.5 Å². The number of ether oxygens (including phenoxy) is 2. The summed E-state index contributed by atoms with van der Waals surface area (Å²) in [4.78, 5) is 28.4. The lowest BCUT2D eigenvalue weighted by atomic mass is 9.95. The van der Waals surface area contributed by atoms with Crippen molar-refractivity contribution in [1.82, 2.24) is 10.2 Å². The molecule has 2 heterocycles. The molecule has 0 spiro atoms. The fourth-order valence-corrected chi connectivity index (χ4v) is 6.96. The lowest BCUT2D eigenvalue weighted by Gasteiger charge is -2.23. The number of benzene rings is 3. The van der Waals surface area contributed by atoms with Crippen molar-refractivity contribution in [3.8, 4) is 17.2 Å². The van der Waals surface area contributed by atoms with Gasteiger partial charge in [0.15, 0.2) is 15.8 Å². The Balaban J connectivity index is 1.54. The van der Waals surface area contributed by atoms with Gasteiger partial charge in [0.05, 0.1) is 24.8 Å². The second-order valence-electron chi connectivity index (χ2n) is 9.58. The summed E-state index contributed by atoms with van der Waals surface area (Å²) in [5.74, 6) is -0.978. The van der Waals surface area contributed by atoms with Gasteiger partial charge >= 0.3 is 5.91 Å². The number of thioether (sulfide) groups is 1. The van der Waals surface area contributed by atoms with Crippen molar-refractivity contribution in [1.29, 1.82) is 0 Å². The zero-order valence-corrected chi connectivity index (χ0v) is 26.8. The number of carbonyl (C=O) groups excluding carboxylic acids is 2. The molecule has 1 atom stereocenters. The minimum absolute atomic E-state index is 0.106. The van der Waals surface area contributed by atoms with E-state index in [0.29, 0.717) is 43.6 Å². The molecule has 5 rings (SSSR count). The summed E-state index contributed by atoms with van der Waals surface area (Å²) in [7, 11) is 0. The van der Waals surface area contributed by atoms with E-state index in [9.17, 15) is 19.8 Å². The predicted molar refractivity (Wildman–Crippen MR) is 172 cm³/mol. The zero-order valence-electron chi connectivity index (χ0n) is 23.6. The lowest BCUT2D eigenvalue weighted by Crippen LogP contribution is -2.29. The summed E-state index contributed by atoms with van der Waals surface area (Å²) in [5, 5.41) is 31.5. The lowest BCUT2D eigenvalue weighted by molar-refractivity contribution is -0.132. The van der Waals surface area contributed by atoms with E-state index in [1.165, 1.54) is 28.8 Å². The number of aromatic hydroxyl groups is 1. The number of aliphatic hydroxyl groups is 1. The standard InChI is InChI=1S/C31H27Cl2N3O6S2/c1-3-13-42-21-10-6-17(7-11-21)27(38)25-26(18-8-12-23(37)24(14-18)41-4-2)36(29(40)28(25)39)30-34-35-31(44-30)43-16-19-5-9-20(32)15-22(19)33/h5-12,14-15,26,37-38H,3-4,13,16H2,1-2H3/b27-25-. The quantitative estimate of drug-likeness (QED) is 0.0544. The summed E-state index contributed by atoms with van der Waals surface area (Å²) in [6.07, 6.45) is 0.836. The topological polar surface area (TPSA) is 122 Å². The Labute approximate surface area is 272 Å². The van der Waals surface area contributed by atoms with Crippen LogP contribution in [0.2, 0.25) is 10.0 Å². The Bertz CT molecular complexity index is 1730. The van der Waals surface area contributed by atoms with E-state index < -0.39 is 17.7 Å². The molecule has 1 aliphatic heterocycles. The van der Waals surface area contributed by atoms with Crippen molar-refractivity contribution >= 4 is 68.9 Å². The molecular formula is C31H27Cl2N3O6S2. The molecule has 1 aliphatic rings. The number of ketones is 1. The molecule has 3 aromatic carbocycles. The molecular weight excluding hydrogens is 645 g/mol. The van der Waals surface area contributed by atoms with E-state index in [1.54, 1.807) is 49.4 Å². The molecule has 0 bridgehead atoms. The number of anilines is 1. The van der Waals surface area contributed by atoms with Crippen LogP contribution in [-0.4, -0.2) is 45.3 Å². The van der Waals surface area contributed by atoms with Crippen molar-refractivity contribution in [2.75, 3.05) is 18.1 Å². The van der Waals surface area contributed by atoms with E-state index in [1.807, 2.05) is 13.0 Å². The van der Waals surface area contributed by atoms with Crippen molar-refractivity contribution in [2.24, 2.45) is 0 Å². The number of carbonyl (C=O) groups is 2. The molecule has 4 aromatic rings. The third kappa shape index (κ3) is 6.66. The van der Waals surface area contributed by atoms with Gasteiger partial charge in [-0.05, 0) is 73.0 Å². The van der Waals surface area contributed by atoms with Gasteiger partial charge in [0.25, 0.3) is 5.78 Å². The molecule has 1 fully saturated rings. The van der Waals surface area contributed by atoms with Crippen molar-refractivity contribution in [2.45, 2.75) is 36.4 Å². The number of phenols is 1. The Morgan fingerprint density at radius 2 is 1.80 bits per heavy atom. The molecule has 2 N–H and O–H groups in total. The number of rotatable bonds is 11. The first-order valence-corrected chi connectivity index (χ1v) is 16.2. The fraction of sp³-hybridized carbons (Fsp3) is 0.226. The second kappa shape index (κ2) is 13.9. The first-order valence-electron chi connectivity index (χ1n) is 13.6. The zero-order chi connectivity index (χ0) is 31.4. The van der Waals surface area contributed by atoms with Gasteiger partial charge in [0, 0.05) is 21.4 Å². The summed E-state index contributed by atoms with van der Waals surface area (Å²) in [5.41, 5.74) is 1.46. The molecule has 0 aliphatic carbocycles. The van der Waals surface area contributed by atoms with Gasteiger partial charge in [-0.25, -0.2) is 0 Å². The maximum absolute atomic E-state index is 13.6. The van der Waals surface area contributed by atoms with Crippen molar-refractivity contribution < 1.29 is 29.3 Å². The summed E-state index contributed by atoms with van der Waals surface area (Å²) >= 11 is 14.8. The van der Waals surface area contributed by atoms with Gasteiger partial charge < -0.3 is 19.7 Å². The average molecular weight is 673 g/mol. The molecule has 1 amide bonds. The molecule has 9 nitrogen and oxygen atoms in total. The van der Waals surface area contributed by atoms with Crippen LogP contribution in [-0.2, 0) is 15.3 Å². The van der Waals surface area contributed by atoms with E-state index >= 15 is 0 Å². The highest BCUT2D eigenvalue weighted by molar-refractivity contribution is 8.00. The Morgan fingerprint density at radius 1 is 1.02 bits per heavy atom. The highest BCUT2D eigenvalue weighted by Crippen LogP contribution is 2.45. The number of hydrogen-bond donors (Lipinski definition) is 2. The van der Waals surface area contributed by atoms with Crippen LogP contribution >= 0.6 is 46.3 Å². The monoisotopic (exact) mass is 671 g/mol. The SMILES string of the molecule is CCCOc1ccc(/C(O)=C2/C(=O)C(=O)N(c3nnc(SCc4ccc(Cl)cc4Cl)s3)C2c2ccc(O)c(OCC)c2)cc1. The second-order valence-corrected chi connectivity index (χ2v) is 12.6. The fourth-order valence-electron chi connectivity index (χ4n) is 4.54. The minimum Gasteiger partial charge on any atom is -0.507 e. The maximum Gasteiger partial charge on any atom is 0.301 e. The number of halogens is 2. The molecule has 228 valence electrons. The first-order chi connectivity index (χ1) is 21.2. The Kier molecular flexibility index (Phi) is 10.00. The number of Topliss-reactive ketones (excluding diaryl/α,β-unsaturated/α-hetero) is 1. The van der Waals surface area contributed by atoms with Gasteiger partial charge in [-0.15, -0.1) is 10.2 Å². The van der Waals surface area contributed by atoms with E-state index in [4.69, 9.17) is 32.7 Å². The van der Waals surface area contributed by atoms with E-state index in [2.05, 4.69) is 10.2 Å². The van der Waals surface area contributed by atoms with Crippen molar-refractivity contribution in [3.63, 3.8) is 0 Å². The number of nitrogens with zero attached hydrogens (tertiary/aromatic N) is 3.